The van der Waals surface area contributed by atoms with Crippen LogP contribution in [0.25, 0.3) is 0 Å². The number of halogens is 1. The largest absolute Gasteiger partial charge is 0.376 e. The zero-order valence-corrected chi connectivity index (χ0v) is 11.7. The molecular weight excluding hydrogens is 275 g/mol. The summed E-state index contributed by atoms with van der Waals surface area (Å²) in [4.78, 5) is 23.1. The summed E-state index contributed by atoms with van der Waals surface area (Å²) >= 11 is 0. The molecule has 114 valence electrons. The van der Waals surface area contributed by atoms with E-state index in [9.17, 15) is 14.0 Å². The molecule has 1 aromatic carbocycles. The highest BCUT2D eigenvalue weighted by Gasteiger charge is 2.18. The quantitative estimate of drug-likeness (QED) is 0.789. The highest BCUT2D eigenvalue weighted by molar-refractivity contribution is 6.35. The van der Waals surface area contributed by atoms with Crippen LogP contribution in [0, 0.1) is 5.82 Å². The summed E-state index contributed by atoms with van der Waals surface area (Å²) in [6.45, 7) is 1.41. The number of rotatable bonds is 5. The third-order valence-corrected chi connectivity index (χ3v) is 3.33. The van der Waals surface area contributed by atoms with Gasteiger partial charge in [0.25, 0.3) is 0 Å². The van der Waals surface area contributed by atoms with Crippen LogP contribution in [0.15, 0.2) is 24.3 Å². The molecule has 2 amide bonds. The lowest BCUT2D eigenvalue weighted by Crippen LogP contribution is -2.43. The molecule has 6 heteroatoms. The van der Waals surface area contributed by atoms with Gasteiger partial charge in [-0.2, -0.15) is 0 Å². The molecule has 1 saturated heterocycles. The maximum Gasteiger partial charge on any atom is 0.309 e. The molecule has 5 nitrogen and oxygen atoms in total. The van der Waals surface area contributed by atoms with Crippen LogP contribution < -0.4 is 10.6 Å². The van der Waals surface area contributed by atoms with Gasteiger partial charge in [-0.3, -0.25) is 9.59 Å². The lowest BCUT2D eigenvalue weighted by Gasteiger charge is -2.10. The first-order valence-corrected chi connectivity index (χ1v) is 7.07. The molecule has 0 radical (unpaired) electrons. The van der Waals surface area contributed by atoms with E-state index in [1.165, 1.54) is 12.1 Å². The molecule has 1 atom stereocenters. The van der Waals surface area contributed by atoms with Crippen molar-refractivity contribution in [3.63, 3.8) is 0 Å². The second-order valence-electron chi connectivity index (χ2n) is 4.98. The summed E-state index contributed by atoms with van der Waals surface area (Å²) in [6.07, 6.45) is 2.46. The summed E-state index contributed by atoms with van der Waals surface area (Å²) in [5.74, 6) is -1.60. The van der Waals surface area contributed by atoms with Crippen LogP contribution >= 0.6 is 0 Å². The third-order valence-electron chi connectivity index (χ3n) is 3.33. The Kier molecular flexibility index (Phi) is 5.68. The van der Waals surface area contributed by atoms with E-state index in [0.29, 0.717) is 26.1 Å². The van der Waals surface area contributed by atoms with Crippen LogP contribution in [0.4, 0.5) is 4.39 Å². The molecule has 0 spiro atoms. The molecule has 21 heavy (non-hydrogen) atoms. The van der Waals surface area contributed by atoms with Crippen molar-refractivity contribution in [1.29, 1.82) is 0 Å². The Labute approximate surface area is 122 Å². The van der Waals surface area contributed by atoms with Crippen molar-refractivity contribution in [3.8, 4) is 0 Å². The summed E-state index contributed by atoms with van der Waals surface area (Å²) in [6, 6.07) is 6.04. The fourth-order valence-electron chi connectivity index (χ4n) is 2.14. The fraction of sp³-hybridized carbons (Fsp3) is 0.467. The maximum atomic E-state index is 12.7. The van der Waals surface area contributed by atoms with Crippen molar-refractivity contribution in [1.82, 2.24) is 10.6 Å². The molecule has 1 heterocycles. The van der Waals surface area contributed by atoms with Gasteiger partial charge >= 0.3 is 11.8 Å². The minimum absolute atomic E-state index is 0.0148. The second-order valence-corrected chi connectivity index (χ2v) is 4.98. The molecule has 2 N–H and O–H groups in total. The molecule has 1 unspecified atom stereocenters. The number of amides is 2. The van der Waals surface area contributed by atoms with E-state index in [-0.39, 0.29) is 11.9 Å². The van der Waals surface area contributed by atoms with Crippen LogP contribution in [-0.4, -0.2) is 37.6 Å². The SMILES string of the molecule is O=C(NCCc1ccc(F)cc1)C(=O)NCC1CCCO1. The van der Waals surface area contributed by atoms with Gasteiger partial charge in [-0.1, -0.05) is 12.1 Å². The van der Waals surface area contributed by atoms with Crippen LogP contribution in [0.1, 0.15) is 18.4 Å². The van der Waals surface area contributed by atoms with Crippen LogP contribution in [-0.2, 0) is 20.7 Å². The van der Waals surface area contributed by atoms with E-state index in [1.54, 1.807) is 12.1 Å². The van der Waals surface area contributed by atoms with Gasteiger partial charge in [0.2, 0.25) is 0 Å². The van der Waals surface area contributed by atoms with E-state index in [2.05, 4.69) is 10.6 Å². The topological polar surface area (TPSA) is 67.4 Å². The minimum Gasteiger partial charge on any atom is -0.376 e. The van der Waals surface area contributed by atoms with E-state index < -0.39 is 11.8 Å². The van der Waals surface area contributed by atoms with Gasteiger partial charge in [0, 0.05) is 19.7 Å². The predicted molar refractivity (Wildman–Crippen MR) is 75.1 cm³/mol. The van der Waals surface area contributed by atoms with Crippen molar-refractivity contribution in [2.24, 2.45) is 0 Å². The first kappa shape index (κ1) is 15.4. The Morgan fingerprint density at radius 2 is 1.90 bits per heavy atom. The lowest BCUT2D eigenvalue weighted by molar-refractivity contribution is -0.139. The van der Waals surface area contributed by atoms with Gasteiger partial charge in [0.1, 0.15) is 5.82 Å². The number of hydrogen-bond acceptors (Lipinski definition) is 3. The van der Waals surface area contributed by atoms with Gasteiger partial charge in [0.15, 0.2) is 0 Å². The average Bonchev–Trinajstić information content (AvgIpc) is 3.00. The zero-order chi connectivity index (χ0) is 15.1. The monoisotopic (exact) mass is 294 g/mol. The zero-order valence-electron chi connectivity index (χ0n) is 11.7. The molecule has 1 fully saturated rings. The van der Waals surface area contributed by atoms with Gasteiger partial charge in [-0.05, 0) is 37.0 Å². The highest BCUT2D eigenvalue weighted by Crippen LogP contribution is 2.10. The number of nitrogens with one attached hydrogen (secondary N) is 2. The molecule has 0 bridgehead atoms. The molecule has 0 saturated carbocycles. The Balaban J connectivity index is 1.63. The molecule has 1 aliphatic rings. The van der Waals surface area contributed by atoms with Crippen LogP contribution in [0.3, 0.4) is 0 Å². The Morgan fingerprint density at radius 1 is 1.19 bits per heavy atom. The number of benzene rings is 1. The first-order valence-electron chi connectivity index (χ1n) is 7.07. The lowest BCUT2D eigenvalue weighted by atomic mass is 10.1. The molecule has 0 aromatic heterocycles. The van der Waals surface area contributed by atoms with E-state index in [1.807, 2.05) is 0 Å². The van der Waals surface area contributed by atoms with E-state index in [0.717, 1.165) is 18.4 Å². The number of ether oxygens (including phenoxy) is 1. The molecule has 1 aromatic rings. The van der Waals surface area contributed by atoms with Crippen LogP contribution in [0.2, 0.25) is 0 Å². The molecule has 1 aliphatic heterocycles. The summed E-state index contributed by atoms with van der Waals surface area (Å²) in [5, 5.41) is 5.09. The van der Waals surface area contributed by atoms with Gasteiger partial charge in [-0.15, -0.1) is 0 Å². The fourth-order valence-corrected chi connectivity index (χ4v) is 2.14. The van der Waals surface area contributed by atoms with Crippen LogP contribution in [0.5, 0.6) is 0 Å². The predicted octanol–water partition coefficient (Wildman–Crippen LogP) is 0.780. The Morgan fingerprint density at radius 3 is 2.57 bits per heavy atom. The second kappa shape index (κ2) is 7.73. The minimum atomic E-state index is -0.657. The molecular formula is C15H19FN2O3. The van der Waals surface area contributed by atoms with Crippen molar-refractivity contribution in [2.75, 3.05) is 19.7 Å². The molecule has 0 aliphatic carbocycles. The normalized spacial score (nSPS) is 17.5. The van der Waals surface area contributed by atoms with Gasteiger partial charge in [0.05, 0.1) is 6.10 Å². The van der Waals surface area contributed by atoms with Gasteiger partial charge < -0.3 is 15.4 Å². The van der Waals surface area contributed by atoms with E-state index >= 15 is 0 Å². The highest BCUT2D eigenvalue weighted by atomic mass is 19.1. The Bertz CT molecular complexity index is 484. The number of carbonyl (C=O) groups excluding carboxylic acids is 2. The summed E-state index contributed by atoms with van der Waals surface area (Å²) < 4.78 is 18.1. The standard InChI is InChI=1S/C15H19FN2O3/c16-12-5-3-11(4-6-12)7-8-17-14(19)15(20)18-10-13-2-1-9-21-13/h3-6,13H,1-2,7-10H2,(H,17,19)(H,18,20). The van der Waals surface area contributed by atoms with Crippen molar-refractivity contribution < 1.29 is 18.7 Å². The summed E-state index contributed by atoms with van der Waals surface area (Å²) in [5.41, 5.74) is 0.900. The van der Waals surface area contributed by atoms with Crippen molar-refractivity contribution >= 4 is 11.8 Å². The first-order chi connectivity index (χ1) is 10.1. The number of carbonyl (C=O) groups is 2. The van der Waals surface area contributed by atoms with E-state index in [4.69, 9.17) is 4.74 Å². The van der Waals surface area contributed by atoms with Gasteiger partial charge in [-0.25, -0.2) is 4.39 Å². The third kappa shape index (κ3) is 5.15. The summed E-state index contributed by atoms with van der Waals surface area (Å²) in [7, 11) is 0. The average molecular weight is 294 g/mol. The smallest absolute Gasteiger partial charge is 0.309 e. The number of hydrogen-bond donors (Lipinski definition) is 2. The maximum absolute atomic E-state index is 12.7. The van der Waals surface area contributed by atoms with Crippen molar-refractivity contribution in [2.45, 2.75) is 25.4 Å². The Hall–Kier alpha value is -1.95. The van der Waals surface area contributed by atoms with Crippen molar-refractivity contribution in [3.05, 3.63) is 35.6 Å². The molecule has 2 rings (SSSR count).